The lowest BCUT2D eigenvalue weighted by Gasteiger charge is -2.37. The fraction of sp³-hybridized carbons (Fsp3) is 0.419. The van der Waals surface area contributed by atoms with Gasteiger partial charge >= 0.3 is 7.82 Å². The van der Waals surface area contributed by atoms with Gasteiger partial charge in [0.1, 0.15) is 56.5 Å². The second-order valence-electron chi connectivity index (χ2n) is 11.5. The van der Waals surface area contributed by atoms with Crippen LogP contribution in [0.2, 0.25) is 0 Å². The Bertz CT molecular complexity index is 1400. The Morgan fingerprint density at radius 3 is 1.96 bits per heavy atom. The molecule has 8 atom stereocenters. The van der Waals surface area contributed by atoms with Gasteiger partial charge in [-0.05, 0) is 47.4 Å². The van der Waals surface area contributed by atoms with E-state index in [1.54, 1.807) is 22.1 Å². The van der Waals surface area contributed by atoms with Crippen molar-refractivity contribution < 1.29 is 52.4 Å². The predicted molar refractivity (Wildman–Crippen MR) is 177 cm³/mol. The summed E-state index contributed by atoms with van der Waals surface area (Å²) in [5, 5.41) is 21.3. The average molecular weight is 652 g/mol. The molecule has 244 valence electrons. The largest absolute Gasteiger partial charge is 0.497 e. The molecule has 3 aromatic carbocycles. The third-order valence-corrected chi connectivity index (χ3v) is 9.61. The summed E-state index contributed by atoms with van der Waals surface area (Å²) in [5.74, 6) is 1.34. The summed E-state index contributed by atoms with van der Waals surface area (Å²) in [4.78, 5) is 10.7. The lowest BCUT2D eigenvalue weighted by Crippen LogP contribution is -2.41. The monoisotopic (exact) mass is 652 g/mol. The Labute approximate surface area is 271 Å². The summed E-state index contributed by atoms with van der Waals surface area (Å²) < 4.78 is 53.3. The van der Waals surface area contributed by atoms with Crippen molar-refractivity contribution in [2.24, 2.45) is 0 Å². The molecule has 0 bridgehead atoms. The molecule has 2 heterocycles. The van der Waals surface area contributed by atoms with Gasteiger partial charge in [0.2, 0.25) is 0 Å². The molecule has 0 aromatic heterocycles. The van der Waals surface area contributed by atoms with Crippen molar-refractivity contribution in [1.82, 2.24) is 0 Å². The molecule has 15 heteroatoms. The van der Waals surface area contributed by atoms with Crippen molar-refractivity contribution in [2.75, 3.05) is 27.4 Å². The minimum Gasteiger partial charge on any atom is -0.497 e. The fourth-order valence-corrected chi connectivity index (χ4v) is 7.01. The van der Waals surface area contributed by atoms with Crippen LogP contribution in [0.1, 0.15) is 23.1 Å². The minimum absolute atomic E-state index is 0.137. The molecule has 2 unspecified atom stereocenters. The van der Waals surface area contributed by atoms with Crippen LogP contribution >= 0.6 is 7.82 Å². The van der Waals surface area contributed by atoms with E-state index in [4.69, 9.17) is 32.7 Å². The Hall–Kier alpha value is -2.64. The van der Waals surface area contributed by atoms with Crippen molar-refractivity contribution in [3.8, 4) is 11.5 Å². The van der Waals surface area contributed by atoms with E-state index in [-0.39, 0.29) is 19.2 Å². The maximum Gasteiger partial charge on any atom is 0.472 e. The summed E-state index contributed by atoms with van der Waals surface area (Å²) in [7, 11) is 2.75. The van der Waals surface area contributed by atoms with E-state index in [1.807, 2.05) is 86.6 Å². The van der Waals surface area contributed by atoms with E-state index in [2.05, 4.69) is 0 Å². The molecule has 0 spiro atoms. The number of hydrogen-bond acceptors (Lipinski definition) is 10. The summed E-state index contributed by atoms with van der Waals surface area (Å²) in [6, 6.07) is 23.8. The maximum absolute atomic E-state index is 13.1. The summed E-state index contributed by atoms with van der Waals surface area (Å²) in [5.41, 5.74) is 1.19. The van der Waals surface area contributed by atoms with Crippen LogP contribution in [-0.4, -0.2) is 108 Å². The zero-order chi connectivity index (χ0) is 32.9. The van der Waals surface area contributed by atoms with Gasteiger partial charge in [0, 0.05) is 6.00 Å². The molecule has 2 saturated heterocycles. The van der Waals surface area contributed by atoms with Crippen molar-refractivity contribution in [2.45, 2.75) is 54.5 Å². The third-order valence-electron chi connectivity index (χ3n) is 8.62. The molecule has 3 aromatic rings. The molecule has 46 heavy (non-hydrogen) atoms. The highest BCUT2D eigenvalue weighted by Gasteiger charge is 2.48. The first-order valence-electron chi connectivity index (χ1n) is 15.4. The first kappa shape index (κ1) is 34.7. The zero-order valence-electron chi connectivity index (χ0n) is 26.4. The van der Waals surface area contributed by atoms with E-state index in [0.717, 1.165) is 16.7 Å². The number of ether oxygens (including phenoxy) is 5. The van der Waals surface area contributed by atoms with Gasteiger partial charge < -0.3 is 38.8 Å². The highest BCUT2D eigenvalue weighted by atomic mass is 31.2. The van der Waals surface area contributed by atoms with Crippen LogP contribution in [0.3, 0.4) is 0 Å². The number of benzene rings is 3. The van der Waals surface area contributed by atoms with Crippen LogP contribution in [0, 0.1) is 0 Å². The van der Waals surface area contributed by atoms with Gasteiger partial charge in [0.25, 0.3) is 0 Å². The van der Waals surface area contributed by atoms with Crippen molar-refractivity contribution in [3.63, 3.8) is 0 Å². The molecule has 2 aliphatic rings. The number of phosphoric ester groups is 1. The van der Waals surface area contributed by atoms with Gasteiger partial charge in [-0.25, -0.2) is 4.57 Å². The summed E-state index contributed by atoms with van der Waals surface area (Å²) in [6.07, 6.45) is -4.64. The number of aliphatic hydroxyl groups excluding tert-OH is 2. The van der Waals surface area contributed by atoms with Gasteiger partial charge in [0.05, 0.1) is 47.3 Å². The van der Waals surface area contributed by atoms with Crippen LogP contribution in [0.4, 0.5) is 0 Å². The lowest BCUT2D eigenvalue weighted by atomic mass is 9.51. The van der Waals surface area contributed by atoms with E-state index in [0.29, 0.717) is 25.1 Å². The van der Waals surface area contributed by atoms with E-state index in [1.165, 1.54) is 0 Å². The standard InChI is InChI=1S/C31H40B3O11P/c1-39-22-12-8-20(9-13-22)31(19-6-4-3-5-7-19,21-10-14-23(40-2)15-11-21)41-17-26-29(28(36)30(32)44-26)45-46(37,38)42-18-25-24(35)16-27(34-33)43-25/h3-15,24-30,34-36H,16-18,32-33H2,1-2H3,(H,37,38)/t24-,25-,26-,27-,28?,29+,30-/m1/s1. The van der Waals surface area contributed by atoms with Crippen LogP contribution in [-0.2, 0) is 33.4 Å². The van der Waals surface area contributed by atoms with Crippen LogP contribution in [0.5, 0.6) is 11.5 Å². The first-order valence-corrected chi connectivity index (χ1v) is 16.9. The smallest absolute Gasteiger partial charge is 0.472 e. The summed E-state index contributed by atoms with van der Waals surface area (Å²) >= 11 is 0. The second kappa shape index (κ2) is 15.1. The maximum atomic E-state index is 13.1. The second-order valence-corrected chi connectivity index (χ2v) is 12.9. The van der Waals surface area contributed by atoms with Crippen LogP contribution in [0.25, 0.3) is 0 Å². The average Bonchev–Trinajstić information content (AvgIpc) is 3.58. The Morgan fingerprint density at radius 2 is 1.43 bits per heavy atom. The first-order chi connectivity index (χ1) is 22.1. The van der Waals surface area contributed by atoms with Crippen molar-refractivity contribution in [3.05, 3.63) is 95.6 Å². The highest BCUT2D eigenvalue weighted by molar-refractivity contribution is 7.47. The molecule has 0 amide bonds. The number of methoxy groups -OCH3 is 2. The Kier molecular flexibility index (Phi) is 11.4. The molecule has 0 aliphatic carbocycles. The van der Waals surface area contributed by atoms with Crippen LogP contribution < -0.4 is 9.47 Å². The molecule has 0 saturated carbocycles. The quantitative estimate of drug-likeness (QED) is 0.129. The van der Waals surface area contributed by atoms with Crippen molar-refractivity contribution in [1.29, 1.82) is 0 Å². The van der Waals surface area contributed by atoms with Gasteiger partial charge in [-0.2, -0.15) is 0 Å². The number of hydrogen-bond donors (Lipinski definition) is 3. The molecule has 3 N–H and O–H groups in total. The minimum atomic E-state index is -4.72. The molecule has 0 radical (unpaired) electrons. The number of aliphatic hydroxyl groups is 2. The van der Waals surface area contributed by atoms with Gasteiger partial charge in [-0.1, -0.05) is 54.6 Å². The van der Waals surface area contributed by atoms with Crippen molar-refractivity contribution >= 4 is 30.6 Å². The number of phosphoric acid groups is 1. The van der Waals surface area contributed by atoms with Gasteiger partial charge in [-0.15, -0.1) is 0 Å². The SMILES string of the molecule is BB[C@H]1C[C@@H](O)[C@@H](COP(=O)(O)O[C@@H]2C(O)[C@H](B)O[C@@H]2COC(c2ccccc2)(c2ccc(OC)cc2)c2ccc(OC)cc2)O1. The normalized spacial score (nSPS) is 27.6. The molecule has 2 aliphatic heterocycles. The highest BCUT2D eigenvalue weighted by Crippen LogP contribution is 2.48. The van der Waals surface area contributed by atoms with Gasteiger partial charge in [0.15, 0.2) is 0 Å². The van der Waals surface area contributed by atoms with Crippen LogP contribution in [0.15, 0.2) is 78.9 Å². The molecular weight excluding hydrogens is 612 g/mol. The fourth-order valence-electron chi connectivity index (χ4n) is 6.05. The zero-order valence-corrected chi connectivity index (χ0v) is 27.3. The topological polar surface area (TPSA) is 142 Å². The molecule has 11 nitrogen and oxygen atoms in total. The van der Waals surface area contributed by atoms with E-state index >= 15 is 0 Å². The van der Waals surface area contributed by atoms with E-state index in [9.17, 15) is 19.7 Å². The lowest BCUT2D eigenvalue weighted by molar-refractivity contribution is -0.0766. The third kappa shape index (κ3) is 7.57. The van der Waals surface area contributed by atoms with E-state index < -0.39 is 49.9 Å². The molecular formula is C31H40B3O11P. The Morgan fingerprint density at radius 1 is 0.870 bits per heavy atom. The molecule has 5 rings (SSSR count). The predicted octanol–water partition coefficient (Wildman–Crippen LogP) is 0.694. The molecule has 2 fully saturated rings. The Balaban J connectivity index is 1.43. The van der Waals surface area contributed by atoms with Gasteiger partial charge in [-0.3, -0.25) is 9.05 Å². The summed E-state index contributed by atoms with van der Waals surface area (Å²) in [6.45, 7) is -0.487. The number of rotatable bonds is 14.